The molecule has 5 fully saturated rings. The first-order valence-electron chi connectivity index (χ1n) is 13.1. The summed E-state index contributed by atoms with van der Waals surface area (Å²) in [6.45, 7) is 0. The van der Waals surface area contributed by atoms with Crippen molar-refractivity contribution in [1.82, 2.24) is 0 Å². The first-order chi connectivity index (χ1) is 16.5. The smallest absolute Gasteiger partial charge is 0.306 e. The van der Waals surface area contributed by atoms with E-state index in [1.54, 1.807) is 0 Å². The van der Waals surface area contributed by atoms with Gasteiger partial charge in [0.2, 0.25) is 0 Å². The van der Waals surface area contributed by atoms with Gasteiger partial charge in [-0.25, -0.2) is 0 Å². The molecule has 0 radical (unpaired) electrons. The van der Waals surface area contributed by atoms with Gasteiger partial charge in [0, 0.05) is 12.8 Å². The molecule has 1 aliphatic heterocycles. The summed E-state index contributed by atoms with van der Waals surface area (Å²) in [5, 5.41) is 0. The molecule has 34 heavy (non-hydrogen) atoms. The van der Waals surface area contributed by atoms with Crippen molar-refractivity contribution >= 4 is 11.9 Å². The number of rotatable bonds is 6. The minimum absolute atomic E-state index is 0.126. The number of cyclic esters (lactones) is 1. The molecule has 0 amide bonds. The van der Waals surface area contributed by atoms with Crippen molar-refractivity contribution in [3.05, 3.63) is 71.8 Å². The van der Waals surface area contributed by atoms with E-state index in [2.05, 4.69) is 24.3 Å². The summed E-state index contributed by atoms with van der Waals surface area (Å²) in [6.07, 6.45) is 8.50. The molecular formula is C30H34O4. The van der Waals surface area contributed by atoms with Gasteiger partial charge in [0.05, 0.1) is 5.41 Å². The van der Waals surface area contributed by atoms with E-state index in [1.165, 1.54) is 19.3 Å². The maximum atomic E-state index is 13.2. The van der Waals surface area contributed by atoms with Crippen LogP contribution in [0.25, 0.3) is 0 Å². The summed E-state index contributed by atoms with van der Waals surface area (Å²) in [7, 11) is 0. The summed E-state index contributed by atoms with van der Waals surface area (Å²) >= 11 is 0. The van der Waals surface area contributed by atoms with Gasteiger partial charge in [0.15, 0.2) is 0 Å². The first kappa shape index (κ1) is 21.9. The van der Waals surface area contributed by atoms with E-state index in [0.717, 1.165) is 48.1 Å². The molecule has 0 N–H and O–H groups in total. The Labute approximate surface area is 202 Å². The average molecular weight is 459 g/mol. The summed E-state index contributed by atoms with van der Waals surface area (Å²) in [5.41, 5.74) is 1.57. The molecule has 4 aliphatic carbocycles. The molecule has 7 rings (SSSR count). The van der Waals surface area contributed by atoms with Crippen molar-refractivity contribution in [1.29, 1.82) is 0 Å². The van der Waals surface area contributed by atoms with Gasteiger partial charge in [-0.05, 0) is 80.2 Å². The van der Waals surface area contributed by atoms with Gasteiger partial charge in [-0.2, -0.15) is 0 Å². The van der Waals surface area contributed by atoms with Crippen LogP contribution < -0.4 is 0 Å². The van der Waals surface area contributed by atoms with Gasteiger partial charge in [-0.1, -0.05) is 60.7 Å². The van der Waals surface area contributed by atoms with Crippen LogP contribution in [0.4, 0.5) is 0 Å². The third-order valence-electron chi connectivity index (χ3n) is 9.05. The summed E-state index contributed by atoms with van der Waals surface area (Å²) in [4.78, 5) is 25.6. The van der Waals surface area contributed by atoms with E-state index in [9.17, 15) is 9.59 Å². The molecule has 4 heteroatoms. The zero-order chi connectivity index (χ0) is 23.2. The Morgan fingerprint density at radius 2 is 1.38 bits per heavy atom. The van der Waals surface area contributed by atoms with E-state index < -0.39 is 11.5 Å². The molecule has 2 aromatic carbocycles. The minimum Gasteiger partial charge on any atom is -0.461 e. The highest BCUT2D eigenvalue weighted by atomic mass is 16.6. The quantitative estimate of drug-likeness (QED) is 0.501. The molecule has 2 aromatic rings. The monoisotopic (exact) mass is 458 g/mol. The normalized spacial score (nSPS) is 33.4. The average Bonchev–Trinajstić information content (AvgIpc) is 2.83. The second-order valence-corrected chi connectivity index (χ2v) is 11.3. The van der Waals surface area contributed by atoms with Crippen LogP contribution in [-0.4, -0.2) is 23.6 Å². The van der Waals surface area contributed by atoms with Crippen LogP contribution in [0.3, 0.4) is 0 Å². The molecule has 178 valence electrons. The second kappa shape index (κ2) is 8.55. The second-order valence-electron chi connectivity index (χ2n) is 11.3. The van der Waals surface area contributed by atoms with Crippen molar-refractivity contribution in [3.8, 4) is 0 Å². The Morgan fingerprint density at radius 1 is 0.853 bits per heavy atom. The van der Waals surface area contributed by atoms with E-state index in [1.807, 2.05) is 36.4 Å². The van der Waals surface area contributed by atoms with Crippen molar-refractivity contribution in [2.24, 2.45) is 17.8 Å². The molecule has 1 atom stereocenters. The Hall–Kier alpha value is -2.62. The summed E-state index contributed by atoms with van der Waals surface area (Å²) < 4.78 is 12.3. The van der Waals surface area contributed by atoms with Gasteiger partial charge in [0.1, 0.15) is 11.7 Å². The van der Waals surface area contributed by atoms with Gasteiger partial charge < -0.3 is 9.47 Å². The highest BCUT2D eigenvalue weighted by Crippen LogP contribution is 2.57. The molecule has 0 spiro atoms. The predicted octanol–water partition coefficient (Wildman–Crippen LogP) is 5.97. The fraction of sp³-hybridized carbons (Fsp3) is 0.533. The zero-order valence-corrected chi connectivity index (χ0v) is 19.8. The third-order valence-corrected chi connectivity index (χ3v) is 9.05. The summed E-state index contributed by atoms with van der Waals surface area (Å²) in [6, 6.07) is 20.6. The van der Waals surface area contributed by atoms with Crippen molar-refractivity contribution in [3.63, 3.8) is 0 Å². The number of carbonyl (C=O) groups excluding carboxylic acids is 2. The van der Waals surface area contributed by atoms with Gasteiger partial charge in [0.25, 0.3) is 0 Å². The van der Waals surface area contributed by atoms with Crippen LogP contribution in [0.1, 0.15) is 75.3 Å². The van der Waals surface area contributed by atoms with Crippen LogP contribution in [-0.2, 0) is 24.5 Å². The van der Waals surface area contributed by atoms with E-state index in [0.29, 0.717) is 19.3 Å². The lowest BCUT2D eigenvalue weighted by atomic mass is 9.54. The lowest BCUT2D eigenvalue weighted by Gasteiger charge is -2.55. The van der Waals surface area contributed by atoms with Crippen LogP contribution in [0.2, 0.25) is 0 Å². The number of benzene rings is 2. The Balaban J connectivity index is 1.23. The fourth-order valence-electron chi connectivity index (χ4n) is 8.08. The molecule has 0 aromatic heterocycles. The standard InChI is InChI=1S/C30H34O4/c31-27-13-14-30(24-7-3-1-4-8-24,25-9-5-2-6-10-25)26(33-27)11-12-28(32)34-29-18-21-15-22(19-29)17-23(16-21)20-29/h1-10,21-23,26H,11-20H2/t21?,22?,23?,26-,29?/m0/s1. The number of hydrogen-bond donors (Lipinski definition) is 0. The number of carbonyl (C=O) groups is 2. The largest absolute Gasteiger partial charge is 0.461 e. The molecular weight excluding hydrogens is 424 g/mol. The lowest BCUT2D eigenvalue weighted by Crippen LogP contribution is -2.53. The fourth-order valence-corrected chi connectivity index (χ4v) is 8.08. The van der Waals surface area contributed by atoms with E-state index in [4.69, 9.17) is 9.47 Å². The van der Waals surface area contributed by atoms with Crippen molar-refractivity contribution in [2.45, 2.75) is 81.3 Å². The Bertz CT molecular complexity index is 969. The van der Waals surface area contributed by atoms with Crippen LogP contribution in [0.15, 0.2) is 60.7 Å². The van der Waals surface area contributed by atoms with Crippen LogP contribution in [0, 0.1) is 17.8 Å². The molecule has 4 nitrogen and oxygen atoms in total. The topological polar surface area (TPSA) is 52.6 Å². The van der Waals surface area contributed by atoms with Gasteiger partial charge in [-0.15, -0.1) is 0 Å². The van der Waals surface area contributed by atoms with Crippen LogP contribution >= 0.6 is 0 Å². The van der Waals surface area contributed by atoms with Gasteiger partial charge in [-0.3, -0.25) is 9.59 Å². The minimum atomic E-state index is -0.461. The molecule has 4 saturated carbocycles. The Morgan fingerprint density at radius 3 is 1.91 bits per heavy atom. The Kier molecular flexibility index (Phi) is 5.50. The number of esters is 2. The lowest BCUT2D eigenvalue weighted by molar-refractivity contribution is -0.188. The van der Waals surface area contributed by atoms with Crippen LogP contribution in [0.5, 0.6) is 0 Å². The molecule has 1 heterocycles. The van der Waals surface area contributed by atoms with Gasteiger partial charge >= 0.3 is 11.9 Å². The van der Waals surface area contributed by atoms with E-state index >= 15 is 0 Å². The zero-order valence-electron chi connectivity index (χ0n) is 19.8. The van der Waals surface area contributed by atoms with Crippen molar-refractivity contribution in [2.75, 3.05) is 0 Å². The SMILES string of the molecule is O=C1CCC(c2ccccc2)(c2ccccc2)[C@H](CCC(=O)OC23CC4CC(CC(C4)C2)C3)O1. The molecule has 4 bridgehead atoms. The number of ether oxygens (including phenoxy) is 2. The third kappa shape index (κ3) is 3.85. The van der Waals surface area contributed by atoms with Crippen molar-refractivity contribution < 1.29 is 19.1 Å². The van der Waals surface area contributed by atoms with E-state index in [-0.39, 0.29) is 24.0 Å². The molecule has 5 aliphatic rings. The predicted molar refractivity (Wildman–Crippen MR) is 129 cm³/mol. The molecule has 0 unspecified atom stereocenters. The first-order valence-corrected chi connectivity index (χ1v) is 13.1. The summed E-state index contributed by atoms with van der Waals surface area (Å²) in [5.74, 6) is 1.91. The highest BCUT2D eigenvalue weighted by Gasteiger charge is 2.53. The molecule has 1 saturated heterocycles. The highest BCUT2D eigenvalue weighted by molar-refractivity contribution is 5.73. The maximum Gasteiger partial charge on any atom is 0.306 e. The maximum absolute atomic E-state index is 13.2. The number of hydrogen-bond acceptors (Lipinski definition) is 4.